The Labute approximate surface area is 151 Å². The average molecular weight is 371 g/mol. The van der Waals surface area contributed by atoms with E-state index in [2.05, 4.69) is 15.6 Å². The zero-order chi connectivity index (χ0) is 17.1. The van der Waals surface area contributed by atoms with Crippen LogP contribution in [0.25, 0.3) is 17.1 Å². The number of β-lactam (4-membered cyclic amide) rings is 1. The molecule has 1 fully saturated rings. The lowest BCUT2D eigenvalue weighted by molar-refractivity contribution is -0.141. The van der Waals surface area contributed by atoms with Crippen molar-refractivity contribution in [1.82, 2.24) is 14.5 Å². The van der Waals surface area contributed by atoms with E-state index in [0.717, 1.165) is 40.5 Å². The molecule has 1 amide bonds. The Morgan fingerprint density at radius 2 is 2.28 bits per heavy atom. The van der Waals surface area contributed by atoms with Crippen molar-refractivity contribution in [3.63, 3.8) is 0 Å². The van der Waals surface area contributed by atoms with Crippen molar-refractivity contribution in [3.8, 4) is 0 Å². The number of nitrogens with zero attached hydrogens (tertiary/aromatic N) is 3. The van der Waals surface area contributed by atoms with Crippen LogP contribution < -0.4 is 0 Å². The number of aliphatic carboxylic acids is 1. The van der Waals surface area contributed by atoms with Gasteiger partial charge in [-0.05, 0) is 30.2 Å². The van der Waals surface area contributed by atoms with Crippen molar-refractivity contribution in [2.75, 3.05) is 5.75 Å². The van der Waals surface area contributed by atoms with Gasteiger partial charge < -0.3 is 9.67 Å². The maximum absolute atomic E-state index is 12.3. The summed E-state index contributed by atoms with van der Waals surface area (Å²) in [5, 5.41) is 11.5. The molecule has 0 aliphatic carbocycles. The second-order valence-corrected chi connectivity index (χ2v) is 8.08. The molecule has 0 saturated carbocycles. The molecule has 1 aromatic heterocycles. The summed E-state index contributed by atoms with van der Waals surface area (Å²) >= 11 is 3.14. The first kappa shape index (κ1) is 15.1. The van der Waals surface area contributed by atoms with Crippen molar-refractivity contribution in [3.05, 3.63) is 40.4 Å². The van der Waals surface area contributed by atoms with Crippen molar-refractivity contribution >= 4 is 52.5 Å². The Kier molecular flexibility index (Phi) is 3.26. The molecule has 0 unspecified atom stereocenters. The number of fused-ring (bicyclic) bond motifs is 4. The number of thioether (sulfide) groups is 2. The number of imidazole rings is 1. The van der Waals surface area contributed by atoms with Crippen molar-refractivity contribution in [1.29, 1.82) is 0 Å². The van der Waals surface area contributed by atoms with Gasteiger partial charge in [-0.25, -0.2) is 9.78 Å². The highest BCUT2D eigenvalue weighted by Crippen LogP contribution is 2.45. The van der Waals surface area contributed by atoms with E-state index in [0.29, 0.717) is 5.57 Å². The van der Waals surface area contributed by atoms with Crippen LogP contribution in [0.4, 0.5) is 0 Å². The maximum atomic E-state index is 12.3. The highest BCUT2D eigenvalue weighted by Gasteiger charge is 2.49. The van der Waals surface area contributed by atoms with Gasteiger partial charge in [0.1, 0.15) is 11.1 Å². The number of carbonyl (C=O) groups is 2. The second-order valence-electron chi connectivity index (χ2n) is 6.07. The number of hydrogen-bond acceptors (Lipinski definition) is 5. The standard InChI is InChI=1S/C17H13N3O3S2/c21-14-10(15-20(14)13(8-25-15)16(22)23)6-9-2-3-11-12(7-9)19-4-1-5-24-17(19)18-11/h2-3,6-8,15H,1,4-5H2,(H,22,23)/b10-6-/t15-/m1/s1. The Morgan fingerprint density at radius 3 is 3.12 bits per heavy atom. The second kappa shape index (κ2) is 5.40. The third-order valence-electron chi connectivity index (χ3n) is 4.57. The lowest BCUT2D eigenvalue weighted by Gasteiger charge is -2.37. The lowest BCUT2D eigenvalue weighted by atomic mass is 10.0. The number of aryl methyl sites for hydroxylation is 1. The van der Waals surface area contributed by atoms with Crippen molar-refractivity contribution in [2.24, 2.45) is 0 Å². The molecule has 25 heavy (non-hydrogen) atoms. The molecule has 1 saturated heterocycles. The number of carboxylic acids is 1. The SMILES string of the molecule is O=C(O)C1=CS[C@@H]2/C(=C\c3ccc4nc5n(c4c3)CCCS5)C(=O)N12. The summed E-state index contributed by atoms with van der Waals surface area (Å²) in [6.07, 6.45) is 2.99. The Morgan fingerprint density at radius 1 is 1.40 bits per heavy atom. The highest BCUT2D eigenvalue weighted by atomic mass is 32.2. The van der Waals surface area contributed by atoms with Crippen LogP contribution in [0.15, 0.2) is 40.0 Å². The van der Waals surface area contributed by atoms with E-state index in [-0.39, 0.29) is 17.0 Å². The van der Waals surface area contributed by atoms with E-state index >= 15 is 0 Å². The topological polar surface area (TPSA) is 75.4 Å². The van der Waals surface area contributed by atoms with Gasteiger partial charge in [-0.3, -0.25) is 9.69 Å². The molecule has 4 heterocycles. The number of benzene rings is 1. The van der Waals surface area contributed by atoms with Gasteiger partial charge in [-0.1, -0.05) is 17.8 Å². The zero-order valence-corrected chi connectivity index (χ0v) is 14.6. The normalized spacial score (nSPS) is 23.4. The van der Waals surface area contributed by atoms with Crippen LogP contribution in [-0.2, 0) is 16.1 Å². The number of hydrogen-bond donors (Lipinski definition) is 1. The van der Waals surface area contributed by atoms with E-state index in [1.165, 1.54) is 16.7 Å². The summed E-state index contributed by atoms with van der Waals surface area (Å²) in [5.74, 6) is -0.190. The molecule has 8 heteroatoms. The van der Waals surface area contributed by atoms with Crippen molar-refractivity contribution in [2.45, 2.75) is 23.5 Å². The van der Waals surface area contributed by atoms with Gasteiger partial charge in [-0.15, -0.1) is 11.8 Å². The molecular formula is C17H13N3O3S2. The number of rotatable bonds is 2. The van der Waals surface area contributed by atoms with Crippen LogP contribution in [0, 0.1) is 0 Å². The molecule has 3 aliphatic rings. The minimum atomic E-state index is -1.06. The third kappa shape index (κ3) is 2.17. The largest absolute Gasteiger partial charge is 0.477 e. The first-order chi connectivity index (χ1) is 12.1. The summed E-state index contributed by atoms with van der Waals surface area (Å²) in [6, 6.07) is 6.00. The summed E-state index contributed by atoms with van der Waals surface area (Å²) in [4.78, 5) is 29.5. The van der Waals surface area contributed by atoms with Crippen LogP contribution in [0.3, 0.4) is 0 Å². The first-order valence-electron chi connectivity index (χ1n) is 7.90. The third-order valence-corrected chi connectivity index (χ3v) is 6.71. The monoisotopic (exact) mass is 371 g/mol. The number of aromatic nitrogens is 2. The quantitative estimate of drug-likeness (QED) is 0.646. The average Bonchev–Trinajstić information content (AvgIpc) is 3.18. The molecule has 1 aromatic carbocycles. The number of amides is 1. The predicted molar refractivity (Wildman–Crippen MR) is 97.0 cm³/mol. The Bertz CT molecular complexity index is 1010. The minimum absolute atomic E-state index is 0.0643. The first-order valence-corrected chi connectivity index (χ1v) is 9.83. The van der Waals surface area contributed by atoms with E-state index in [1.807, 2.05) is 18.2 Å². The van der Waals surface area contributed by atoms with Gasteiger partial charge in [0.25, 0.3) is 5.91 Å². The van der Waals surface area contributed by atoms with Crippen LogP contribution in [0.5, 0.6) is 0 Å². The Balaban J connectivity index is 1.50. The molecule has 1 atom stereocenters. The fraction of sp³-hybridized carbons (Fsp3) is 0.235. The fourth-order valence-corrected chi connectivity index (χ4v) is 5.45. The summed E-state index contributed by atoms with van der Waals surface area (Å²) in [6.45, 7) is 0.968. The van der Waals surface area contributed by atoms with Gasteiger partial charge in [0.2, 0.25) is 0 Å². The van der Waals surface area contributed by atoms with E-state index in [9.17, 15) is 9.59 Å². The van der Waals surface area contributed by atoms with Crippen LogP contribution in [0.2, 0.25) is 0 Å². The van der Waals surface area contributed by atoms with E-state index in [1.54, 1.807) is 17.2 Å². The van der Waals surface area contributed by atoms with E-state index < -0.39 is 5.97 Å². The summed E-state index contributed by atoms with van der Waals surface area (Å²) in [7, 11) is 0. The highest BCUT2D eigenvalue weighted by molar-refractivity contribution is 8.03. The van der Waals surface area contributed by atoms with Gasteiger partial charge in [0.15, 0.2) is 5.16 Å². The fourth-order valence-electron chi connectivity index (χ4n) is 3.37. The molecule has 5 rings (SSSR count). The summed E-state index contributed by atoms with van der Waals surface area (Å²) < 4.78 is 2.23. The van der Waals surface area contributed by atoms with Gasteiger partial charge in [0, 0.05) is 17.7 Å². The number of carboxylic acid groups (broad SMARTS) is 1. The van der Waals surface area contributed by atoms with Crippen LogP contribution in [-0.4, -0.2) is 42.6 Å². The summed E-state index contributed by atoms with van der Waals surface area (Å²) in [5.41, 5.74) is 3.71. The smallest absolute Gasteiger partial charge is 0.353 e. The molecule has 2 aromatic rings. The molecule has 0 spiro atoms. The maximum Gasteiger partial charge on any atom is 0.353 e. The molecule has 1 N–H and O–H groups in total. The molecule has 0 radical (unpaired) electrons. The van der Waals surface area contributed by atoms with Gasteiger partial charge >= 0.3 is 5.97 Å². The molecular weight excluding hydrogens is 358 g/mol. The minimum Gasteiger partial charge on any atom is -0.477 e. The number of carbonyl (C=O) groups excluding carboxylic acids is 1. The molecule has 126 valence electrons. The lowest BCUT2D eigenvalue weighted by Crippen LogP contribution is -2.51. The molecule has 6 nitrogen and oxygen atoms in total. The van der Waals surface area contributed by atoms with Gasteiger partial charge in [-0.2, -0.15) is 0 Å². The molecule has 0 bridgehead atoms. The van der Waals surface area contributed by atoms with Gasteiger partial charge in [0.05, 0.1) is 16.6 Å². The Hall–Kier alpha value is -2.19. The predicted octanol–water partition coefficient (Wildman–Crippen LogP) is 2.76. The molecule has 3 aliphatic heterocycles. The van der Waals surface area contributed by atoms with Crippen molar-refractivity contribution < 1.29 is 14.7 Å². The van der Waals surface area contributed by atoms with Crippen LogP contribution in [0.1, 0.15) is 12.0 Å². The van der Waals surface area contributed by atoms with Crippen LogP contribution >= 0.6 is 23.5 Å². The zero-order valence-electron chi connectivity index (χ0n) is 13.0. The van der Waals surface area contributed by atoms with E-state index in [4.69, 9.17) is 5.11 Å².